The highest BCUT2D eigenvalue weighted by atomic mass is 19.1. The molecule has 1 aromatic carbocycles. The number of hydrogen-bond donors (Lipinski definition) is 1. The lowest BCUT2D eigenvalue weighted by Crippen LogP contribution is -2.20. The molecule has 0 aliphatic heterocycles. The first-order chi connectivity index (χ1) is 7.48. The molecule has 0 bridgehead atoms. The van der Waals surface area contributed by atoms with Gasteiger partial charge in [0.25, 0.3) is 0 Å². The standard InChI is InChI=1S/C11H12FN3O/c1-11(2,16)10-7-13-14-15(10)9-5-3-4-8(12)6-9/h3-7,16H,1-2H3. The summed E-state index contributed by atoms with van der Waals surface area (Å²) in [6, 6.07) is 5.97. The van der Waals surface area contributed by atoms with Crippen molar-refractivity contribution in [2.75, 3.05) is 0 Å². The SMILES string of the molecule is CC(C)(O)c1cnnn1-c1cccc(F)c1. The third kappa shape index (κ3) is 1.94. The summed E-state index contributed by atoms with van der Waals surface area (Å²) in [4.78, 5) is 0. The number of aliphatic hydroxyl groups is 1. The fourth-order valence-corrected chi connectivity index (χ4v) is 1.45. The lowest BCUT2D eigenvalue weighted by Gasteiger charge is -2.17. The largest absolute Gasteiger partial charge is 0.384 e. The van der Waals surface area contributed by atoms with Crippen molar-refractivity contribution in [1.29, 1.82) is 0 Å². The van der Waals surface area contributed by atoms with E-state index >= 15 is 0 Å². The Balaban J connectivity index is 2.53. The van der Waals surface area contributed by atoms with E-state index in [1.807, 2.05) is 0 Å². The normalized spacial score (nSPS) is 11.8. The summed E-state index contributed by atoms with van der Waals surface area (Å²) in [7, 11) is 0. The van der Waals surface area contributed by atoms with Gasteiger partial charge in [-0.3, -0.25) is 0 Å². The molecule has 0 aliphatic rings. The van der Waals surface area contributed by atoms with Crippen molar-refractivity contribution in [1.82, 2.24) is 15.0 Å². The second-order valence-corrected chi connectivity index (χ2v) is 4.07. The van der Waals surface area contributed by atoms with Gasteiger partial charge in [-0.25, -0.2) is 9.07 Å². The molecule has 0 fully saturated rings. The number of halogens is 1. The Bertz CT molecular complexity index is 502. The van der Waals surface area contributed by atoms with E-state index in [2.05, 4.69) is 10.3 Å². The van der Waals surface area contributed by atoms with Crippen molar-refractivity contribution in [3.05, 3.63) is 42.0 Å². The highest BCUT2D eigenvalue weighted by Gasteiger charge is 2.22. The van der Waals surface area contributed by atoms with Crippen molar-refractivity contribution in [3.8, 4) is 5.69 Å². The Morgan fingerprint density at radius 1 is 1.38 bits per heavy atom. The van der Waals surface area contributed by atoms with E-state index in [0.29, 0.717) is 11.4 Å². The maximum Gasteiger partial charge on any atom is 0.125 e. The number of hydrogen-bond acceptors (Lipinski definition) is 3. The van der Waals surface area contributed by atoms with Crippen LogP contribution in [-0.2, 0) is 5.60 Å². The third-order valence-corrected chi connectivity index (χ3v) is 2.23. The molecule has 84 valence electrons. The van der Waals surface area contributed by atoms with Crippen molar-refractivity contribution in [3.63, 3.8) is 0 Å². The van der Waals surface area contributed by atoms with Gasteiger partial charge in [-0.2, -0.15) is 0 Å². The lowest BCUT2D eigenvalue weighted by atomic mass is 10.1. The Kier molecular flexibility index (Phi) is 2.47. The number of nitrogens with zero attached hydrogens (tertiary/aromatic N) is 3. The van der Waals surface area contributed by atoms with Crippen molar-refractivity contribution >= 4 is 0 Å². The molecule has 0 spiro atoms. The van der Waals surface area contributed by atoms with Gasteiger partial charge in [0.15, 0.2) is 0 Å². The summed E-state index contributed by atoms with van der Waals surface area (Å²) >= 11 is 0. The van der Waals surface area contributed by atoms with Crippen LogP contribution in [0.5, 0.6) is 0 Å². The van der Waals surface area contributed by atoms with Gasteiger partial charge in [0.05, 0.1) is 17.6 Å². The van der Waals surface area contributed by atoms with Crippen molar-refractivity contribution < 1.29 is 9.50 Å². The molecule has 2 rings (SSSR count). The highest BCUT2D eigenvalue weighted by molar-refractivity contribution is 5.33. The van der Waals surface area contributed by atoms with Crippen LogP contribution < -0.4 is 0 Å². The predicted octanol–water partition coefficient (Wildman–Crippen LogP) is 1.63. The molecule has 0 radical (unpaired) electrons. The van der Waals surface area contributed by atoms with Gasteiger partial charge in [0.2, 0.25) is 0 Å². The first kappa shape index (κ1) is 10.8. The van der Waals surface area contributed by atoms with Crippen LogP contribution in [0.25, 0.3) is 5.69 Å². The van der Waals surface area contributed by atoms with Crippen LogP contribution in [-0.4, -0.2) is 20.1 Å². The lowest BCUT2D eigenvalue weighted by molar-refractivity contribution is 0.0711. The van der Waals surface area contributed by atoms with E-state index in [1.54, 1.807) is 26.0 Å². The quantitative estimate of drug-likeness (QED) is 0.838. The van der Waals surface area contributed by atoms with E-state index in [-0.39, 0.29) is 5.82 Å². The fourth-order valence-electron chi connectivity index (χ4n) is 1.45. The van der Waals surface area contributed by atoms with Gasteiger partial charge in [-0.15, -0.1) is 5.10 Å². The minimum absolute atomic E-state index is 0.352. The summed E-state index contributed by atoms with van der Waals surface area (Å²) < 4.78 is 14.5. The monoisotopic (exact) mass is 221 g/mol. The van der Waals surface area contributed by atoms with Crippen LogP contribution in [0.15, 0.2) is 30.5 Å². The average Bonchev–Trinajstić information content (AvgIpc) is 2.65. The van der Waals surface area contributed by atoms with Gasteiger partial charge in [-0.05, 0) is 32.0 Å². The van der Waals surface area contributed by atoms with E-state index in [9.17, 15) is 9.50 Å². The van der Waals surface area contributed by atoms with Crippen LogP contribution in [0, 0.1) is 5.82 Å². The fraction of sp³-hybridized carbons (Fsp3) is 0.273. The Labute approximate surface area is 92.3 Å². The second kappa shape index (κ2) is 3.68. The topological polar surface area (TPSA) is 50.9 Å². The zero-order valence-corrected chi connectivity index (χ0v) is 9.05. The van der Waals surface area contributed by atoms with Gasteiger partial charge in [-0.1, -0.05) is 11.3 Å². The maximum absolute atomic E-state index is 13.1. The van der Waals surface area contributed by atoms with Crippen LogP contribution in [0.1, 0.15) is 19.5 Å². The Morgan fingerprint density at radius 2 is 2.12 bits per heavy atom. The van der Waals surface area contributed by atoms with Crippen LogP contribution in [0.3, 0.4) is 0 Å². The molecule has 4 nitrogen and oxygen atoms in total. The number of rotatable bonds is 2. The summed E-state index contributed by atoms with van der Waals surface area (Å²) in [5.74, 6) is -0.352. The molecule has 1 N–H and O–H groups in total. The van der Waals surface area contributed by atoms with Gasteiger partial charge < -0.3 is 5.11 Å². The van der Waals surface area contributed by atoms with E-state index in [1.165, 1.54) is 23.0 Å². The molecule has 0 atom stereocenters. The van der Waals surface area contributed by atoms with E-state index in [4.69, 9.17) is 0 Å². The molecule has 1 heterocycles. The maximum atomic E-state index is 13.1. The average molecular weight is 221 g/mol. The summed E-state index contributed by atoms with van der Waals surface area (Å²) in [5.41, 5.74) is -0.0248. The van der Waals surface area contributed by atoms with Gasteiger partial charge in [0.1, 0.15) is 11.4 Å². The molecule has 16 heavy (non-hydrogen) atoms. The summed E-state index contributed by atoms with van der Waals surface area (Å²) in [6.45, 7) is 3.25. The van der Waals surface area contributed by atoms with Crippen LogP contribution in [0.4, 0.5) is 4.39 Å². The molecular weight excluding hydrogens is 209 g/mol. The van der Waals surface area contributed by atoms with Crippen molar-refractivity contribution in [2.24, 2.45) is 0 Å². The summed E-state index contributed by atoms with van der Waals surface area (Å²) in [6.07, 6.45) is 1.46. The second-order valence-electron chi connectivity index (χ2n) is 4.07. The predicted molar refractivity (Wildman–Crippen MR) is 56.6 cm³/mol. The highest BCUT2D eigenvalue weighted by Crippen LogP contribution is 2.21. The number of aromatic nitrogens is 3. The van der Waals surface area contributed by atoms with E-state index < -0.39 is 5.60 Å². The molecule has 2 aromatic rings. The Hall–Kier alpha value is -1.75. The van der Waals surface area contributed by atoms with Gasteiger partial charge in [0, 0.05) is 0 Å². The van der Waals surface area contributed by atoms with Gasteiger partial charge >= 0.3 is 0 Å². The molecular formula is C11H12FN3O. The molecule has 0 saturated heterocycles. The molecule has 0 saturated carbocycles. The molecule has 1 aromatic heterocycles. The Morgan fingerprint density at radius 3 is 2.75 bits per heavy atom. The summed E-state index contributed by atoms with van der Waals surface area (Å²) in [5, 5.41) is 17.5. The first-order valence-electron chi connectivity index (χ1n) is 4.88. The molecule has 0 aliphatic carbocycles. The smallest absolute Gasteiger partial charge is 0.125 e. The molecule has 5 heteroatoms. The minimum Gasteiger partial charge on any atom is -0.384 e. The number of benzene rings is 1. The third-order valence-electron chi connectivity index (χ3n) is 2.23. The zero-order valence-electron chi connectivity index (χ0n) is 9.05. The minimum atomic E-state index is -1.07. The van der Waals surface area contributed by atoms with Crippen LogP contribution in [0.2, 0.25) is 0 Å². The van der Waals surface area contributed by atoms with E-state index in [0.717, 1.165) is 0 Å². The van der Waals surface area contributed by atoms with Crippen molar-refractivity contribution in [2.45, 2.75) is 19.4 Å². The van der Waals surface area contributed by atoms with Crippen LogP contribution >= 0.6 is 0 Å². The molecule has 0 amide bonds. The zero-order chi connectivity index (χ0) is 11.8. The first-order valence-corrected chi connectivity index (χ1v) is 4.88. The molecule has 0 unspecified atom stereocenters.